The topological polar surface area (TPSA) is 98.0 Å². The van der Waals surface area contributed by atoms with Gasteiger partial charge in [-0.2, -0.15) is 0 Å². The maximum Gasteiger partial charge on any atom is 0.503 e. The Morgan fingerprint density at radius 2 is 1.62 bits per heavy atom. The van der Waals surface area contributed by atoms with E-state index in [1.54, 1.807) is 6.07 Å². The third-order valence-corrected chi connectivity index (χ3v) is 1.13. The Bertz CT molecular complexity index is 291. The van der Waals surface area contributed by atoms with Crippen LogP contribution < -0.4 is 0 Å². The molecule has 1 aromatic carbocycles. The fraction of sp³-hybridized carbons (Fsp3) is 0.125. The van der Waals surface area contributed by atoms with Gasteiger partial charge in [0.05, 0.1) is 0 Å². The molecule has 0 atom stereocenters. The summed E-state index contributed by atoms with van der Waals surface area (Å²) < 4.78 is 0. The molecule has 0 aromatic heterocycles. The second kappa shape index (κ2) is 4.87. The Labute approximate surface area is 74.5 Å². The second-order valence-corrected chi connectivity index (χ2v) is 2.27. The van der Waals surface area contributed by atoms with Crippen LogP contribution in [-0.2, 0) is 0 Å². The number of carboxylic acid groups (broad SMARTS) is 2. The van der Waals surface area contributed by atoms with E-state index in [1.165, 1.54) is 12.1 Å². The van der Waals surface area contributed by atoms with Crippen molar-refractivity contribution < 1.29 is 25.2 Å². The third kappa shape index (κ3) is 5.37. The van der Waals surface area contributed by atoms with Gasteiger partial charge in [-0.3, -0.25) is 0 Å². The Morgan fingerprint density at radius 3 is 1.92 bits per heavy atom. The van der Waals surface area contributed by atoms with Gasteiger partial charge in [0.2, 0.25) is 0 Å². The minimum Gasteiger partial charge on any atom is -0.504 e. The molecule has 0 bridgehead atoms. The molecule has 0 spiro atoms. The lowest BCUT2D eigenvalue weighted by molar-refractivity contribution is 0.137. The zero-order chi connectivity index (χ0) is 10.4. The van der Waals surface area contributed by atoms with Gasteiger partial charge < -0.3 is 20.4 Å². The normalized spacial score (nSPS) is 8.38. The first-order valence-electron chi connectivity index (χ1n) is 3.34. The molecule has 0 aliphatic carbocycles. The van der Waals surface area contributed by atoms with Crippen LogP contribution in [0, 0.1) is 6.92 Å². The van der Waals surface area contributed by atoms with Gasteiger partial charge >= 0.3 is 6.16 Å². The quantitative estimate of drug-likeness (QED) is 0.461. The lowest BCUT2D eigenvalue weighted by Crippen LogP contribution is -1.81. The van der Waals surface area contributed by atoms with E-state index in [-0.39, 0.29) is 11.5 Å². The molecule has 4 N–H and O–H groups in total. The van der Waals surface area contributed by atoms with Crippen LogP contribution in [0.15, 0.2) is 18.2 Å². The standard InChI is InChI=1S/C7H8O2.CH2O3/c1-5-2-3-6(8)7(9)4-5;2-1(3)4/h2-4,8-9H,1H3;(H2,2,3,4). The van der Waals surface area contributed by atoms with Crippen molar-refractivity contribution in [2.75, 3.05) is 0 Å². The van der Waals surface area contributed by atoms with Gasteiger partial charge in [0.1, 0.15) is 0 Å². The number of rotatable bonds is 0. The van der Waals surface area contributed by atoms with Gasteiger partial charge in [-0.25, -0.2) is 4.79 Å². The molecule has 0 aliphatic heterocycles. The fourth-order valence-corrected chi connectivity index (χ4v) is 0.633. The molecule has 1 aromatic rings. The van der Waals surface area contributed by atoms with E-state index in [1.807, 2.05) is 6.92 Å². The van der Waals surface area contributed by atoms with Crippen molar-refractivity contribution >= 4 is 6.16 Å². The average molecular weight is 186 g/mol. The minimum atomic E-state index is -1.83. The summed E-state index contributed by atoms with van der Waals surface area (Å²) in [5, 5.41) is 31.6. The molecule has 0 fully saturated rings. The number of benzene rings is 1. The SMILES string of the molecule is Cc1ccc(O)c(O)c1.O=C(O)O. The van der Waals surface area contributed by atoms with Gasteiger partial charge in [0.25, 0.3) is 0 Å². The number of aromatic hydroxyl groups is 2. The van der Waals surface area contributed by atoms with Crippen LogP contribution in [0.4, 0.5) is 4.79 Å². The van der Waals surface area contributed by atoms with Crippen LogP contribution in [-0.4, -0.2) is 26.6 Å². The van der Waals surface area contributed by atoms with Gasteiger partial charge in [-0.1, -0.05) is 6.07 Å². The third-order valence-electron chi connectivity index (χ3n) is 1.13. The molecule has 0 heterocycles. The zero-order valence-corrected chi connectivity index (χ0v) is 6.93. The first-order chi connectivity index (χ1) is 5.93. The van der Waals surface area contributed by atoms with Gasteiger partial charge in [-0.05, 0) is 24.6 Å². The fourth-order valence-electron chi connectivity index (χ4n) is 0.633. The summed E-state index contributed by atoms with van der Waals surface area (Å²) in [6.07, 6.45) is -1.83. The van der Waals surface area contributed by atoms with Gasteiger partial charge in [0, 0.05) is 0 Å². The van der Waals surface area contributed by atoms with E-state index in [4.69, 9.17) is 25.2 Å². The van der Waals surface area contributed by atoms with Crippen molar-refractivity contribution in [1.29, 1.82) is 0 Å². The van der Waals surface area contributed by atoms with Crippen molar-refractivity contribution in [3.63, 3.8) is 0 Å². The van der Waals surface area contributed by atoms with Crippen LogP contribution in [0.25, 0.3) is 0 Å². The van der Waals surface area contributed by atoms with Crippen molar-refractivity contribution in [3.05, 3.63) is 23.8 Å². The number of phenolic OH excluding ortho intramolecular Hbond substituents is 2. The first-order valence-corrected chi connectivity index (χ1v) is 3.34. The molecule has 13 heavy (non-hydrogen) atoms. The van der Waals surface area contributed by atoms with Crippen molar-refractivity contribution in [3.8, 4) is 11.5 Å². The summed E-state index contributed by atoms with van der Waals surface area (Å²) in [5.74, 6) is -0.129. The maximum absolute atomic E-state index is 8.85. The van der Waals surface area contributed by atoms with Crippen LogP contribution >= 0.6 is 0 Å². The smallest absolute Gasteiger partial charge is 0.503 e. The Kier molecular flexibility index (Phi) is 4.15. The summed E-state index contributed by atoms with van der Waals surface area (Å²) in [5.41, 5.74) is 0.935. The Balaban J connectivity index is 0.000000310. The van der Waals surface area contributed by atoms with Crippen molar-refractivity contribution in [1.82, 2.24) is 0 Å². The molecule has 0 saturated heterocycles. The van der Waals surface area contributed by atoms with Gasteiger partial charge in [0.15, 0.2) is 11.5 Å². The molecule has 0 saturated carbocycles. The largest absolute Gasteiger partial charge is 0.504 e. The van der Waals surface area contributed by atoms with Crippen molar-refractivity contribution in [2.24, 2.45) is 0 Å². The zero-order valence-electron chi connectivity index (χ0n) is 6.93. The van der Waals surface area contributed by atoms with E-state index < -0.39 is 6.16 Å². The van der Waals surface area contributed by atoms with Crippen LogP contribution in [0.1, 0.15) is 5.56 Å². The van der Waals surface area contributed by atoms with Crippen LogP contribution in [0.2, 0.25) is 0 Å². The number of aryl methyl sites for hydroxylation is 1. The minimum absolute atomic E-state index is 0.0602. The number of phenols is 2. The number of hydrogen-bond acceptors (Lipinski definition) is 3. The van der Waals surface area contributed by atoms with E-state index in [0.29, 0.717) is 0 Å². The highest BCUT2D eigenvalue weighted by Crippen LogP contribution is 2.23. The molecule has 0 amide bonds. The Morgan fingerprint density at radius 1 is 1.15 bits per heavy atom. The molecular weight excluding hydrogens is 176 g/mol. The predicted octanol–water partition coefficient (Wildman–Crippen LogP) is 1.63. The van der Waals surface area contributed by atoms with E-state index in [0.717, 1.165) is 5.56 Å². The summed E-state index contributed by atoms with van der Waals surface area (Å²) in [6, 6.07) is 4.70. The Hall–Kier alpha value is -1.91. The lowest BCUT2D eigenvalue weighted by atomic mass is 10.2. The summed E-state index contributed by atoms with van der Waals surface area (Å²) in [4.78, 5) is 8.56. The van der Waals surface area contributed by atoms with Crippen LogP contribution in [0.5, 0.6) is 11.5 Å². The number of hydrogen-bond donors (Lipinski definition) is 4. The molecule has 0 unspecified atom stereocenters. The second-order valence-electron chi connectivity index (χ2n) is 2.27. The first kappa shape index (κ1) is 11.1. The van der Waals surface area contributed by atoms with E-state index >= 15 is 0 Å². The summed E-state index contributed by atoms with van der Waals surface area (Å²) in [6.45, 7) is 1.85. The lowest BCUT2D eigenvalue weighted by Gasteiger charge is -1.95. The molecule has 0 radical (unpaired) electrons. The van der Waals surface area contributed by atoms with Crippen molar-refractivity contribution in [2.45, 2.75) is 6.92 Å². The highest BCUT2D eigenvalue weighted by Gasteiger charge is 1.94. The van der Waals surface area contributed by atoms with E-state index in [9.17, 15) is 0 Å². The van der Waals surface area contributed by atoms with Gasteiger partial charge in [-0.15, -0.1) is 0 Å². The molecule has 5 nitrogen and oxygen atoms in total. The summed E-state index contributed by atoms with van der Waals surface area (Å²) in [7, 11) is 0. The van der Waals surface area contributed by atoms with E-state index in [2.05, 4.69) is 0 Å². The maximum atomic E-state index is 8.85. The van der Waals surface area contributed by atoms with Crippen LogP contribution in [0.3, 0.4) is 0 Å². The predicted molar refractivity (Wildman–Crippen MR) is 45.2 cm³/mol. The molecular formula is C8H10O5. The summed E-state index contributed by atoms with van der Waals surface area (Å²) >= 11 is 0. The molecule has 5 heteroatoms. The molecule has 1 rings (SSSR count). The monoisotopic (exact) mass is 186 g/mol. The average Bonchev–Trinajstić information content (AvgIpc) is 1.96. The number of carbonyl (C=O) groups is 1. The molecule has 72 valence electrons. The molecule has 0 aliphatic rings. The highest BCUT2D eigenvalue weighted by atomic mass is 16.6. The highest BCUT2D eigenvalue weighted by molar-refractivity contribution is 5.53.